The Morgan fingerprint density at radius 2 is 2.33 bits per heavy atom. The van der Waals surface area contributed by atoms with Crippen molar-refractivity contribution in [2.45, 2.75) is 31.8 Å². The summed E-state index contributed by atoms with van der Waals surface area (Å²) in [7, 11) is 0. The van der Waals surface area contributed by atoms with Gasteiger partial charge in [0, 0.05) is 5.88 Å². The molecule has 1 fully saturated rings. The monoisotopic (exact) mass is 148 g/mol. The lowest BCUT2D eigenvalue weighted by atomic mass is 10.1. The molecule has 0 aromatic rings. The van der Waals surface area contributed by atoms with Crippen LogP contribution in [0.5, 0.6) is 0 Å². The topological polar surface area (TPSA) is 20.2 Å². The maximum absolute atomic E-state index is 9.47. The van der Waals surface area contributed by atoms with Crippen molar-refractivity contribution < 1.29 is 5.11 Å². The second-order valence-corrected chi connectivity index (χ2v) is 3.38. The number of rotatable bonds is 3. The van der Waals surface area contributed by atoms with Crippen molar-refractivity contribution in [3.63, 3.8) is 0 Å². The van der Waals surface area contributed by atoms with Crippen molar-refractivity contribution >= 4 is 11.6 Å². The molecule has 1 aliphatic carbocycles. The van der Waals surface area contributed by atoms with Crippen LogP contribution in [0.15, 0.2) is 0 Å². The smallest absolute Gasteiger partial charge is 0.0678 e. The van der Waals surface area contributed by atoms with Gasteiger partial charge in [-0.25, -0.2) is 0 Å². The van der Waals surface area contributed by atoms with Crippen LogP contribution in [0.1, 0.15) is 26.2 Å². The summed E-state index contributed by atoms with van der Waals surface area (Å²) in [6.45, 7) is 2.08. The highest BCUT2D eigenvalue weighted by Crippen LogP contribution is 2.46. The van der Waals surface area contributed by atoms with E-state index in [1.54, 1.807) is 0 Å². The number of alkyl halides is 1. The summed E-state index contributed by atoms with van der Waals surface area (Å²) in [5.74, 6) is 1.19. The van der Waals surface area contributed by atoms with E-state index in [0.29, 0.717) is 11.8 Å². The van der Waals surface area contributed by atoms with Crippen LogP contribution in [0.3, 0.4) is 0 Å². The zero-order chi connectivity index (χ0) is 6.91. The Kier molecular flexibility index (Phi) is 2.02. The van der Waals surface area contributed by atoms with Gasteiger partial charge in [0.15, 0.2) is 0 Å². The summed E-state index contributed by atoms with van der Waals surface area (Å²) in [5.41, 5.74) is -0.325. The van der Waals surface area contributed by atoms with Crippen molar-refractivity contribution in [2.24, 2.45) is 5.92 Å². The van der Waals surface area contributed by atoms with Gasteiger partial charge >= 0.3 is 0 Å². The Balaban J connectivity index is 2.13. The zero-order valence-corrected chi connectivity index (χ0v) is 6.49. The van der Waals surface area contributed by atoms with Gasteiger partial charge < -0.3 is 5.11 Å². The van der Waals surface area contributed by atoms with Gasteiger partial charge in [-0.05, 0) is 25.2 Å². The van der Waals surface area contributed by atoms with Gasteiger partial charge in [-0.2, -0.15) is 0 Å². The highest BCUT2D eigenvalue weighted by atomic mass is 35.5. The van der Waals surface area contributed by atoms with E-state index in [9.17, 15) is 5.11 Å². The van der Waals surface area contributed by atoms with E-state index in [0.717, 1.165) is 19.3 Å². The highest BCUT2D eigenvalue weighted by molar-refractivity contribution is 6.17. The van der Waals surface area contributed by atoms with Crippen LogP contribution in [0.4, 0.5) is 0 Å². The van der Waals surface area contributed by atoms with E-state index in [2.05, 4.69) is 6.92 Å². The summed E-state index contributed by atoms with van der Waals surface area (Å²) in [6.07, 6.45) is 2.81. The Labute approximate surface area is 61.0 Å². The second kappa shape index (κ2) is 2.47. The number of hydrogen-bond donors (Lipinski definition) is 1. The summed E-state index contributed by atoms with van der Waals surface area (Å²) >= 11 is 5.47. The van der Waals surface area contributed by atoms with E-state index < -0.39 is 0 Å². The van der Waals surface area contributed by atoms with E-state index in [1.165, 1.54) is 0 Å². The highest BCUT2D eigenvalue weighted by Gasteiger charge is 2.48. The molecule has 0 radical (unpaired) electrons. The second-order valence-electron chi connectivity index (χ2n) is 3.00. The molecular weight excluding hydrogens is 136 g/mol. The molecule has 0 aromatic carbocycles. The predicted molar refractivity (Wildman–Crippen MR) is 38.7 cm³/mol. The zero-order valence-electron chi connectivity index (χ0n) is 5.73. The van der Waals surface area contributed by atoms with Crippen LogP contribution < -0.4 is 0 Å². The molecule has 0 saturated heterocycles. The molecule has 2 heteroatoms. The summed E-state index contributed by atoms with van der Waals surface area (Å²) < 4.78 is 0. The normalized spacial score (nSPS) is 41.0. The molecule has 54 valence electrons. The van der Waals surface area contributed by atoms with E-state index in [4.69, 9.17) is 11.6 Å². The summed E-state index contributed by atoms with van der Waals surface area (Å²) in [6, 6.07) is 0. The van der Waals surface area contributed by atoms with Gasteiger partial charge in [-0.1, -0.05) is 6.92 Å². The first-order valence-corrected chi connectivity index (χ1v) is 4.01. The molecule has 0 aliphatic heterocycles. The fourth-order valence-electron chi connectivity index (χ4n) is 1.19. The molecule has 9 heavy (non-hydrogen) atoms. The van der Waals surface area contributed by atoms with Crippen LogP contribution in [-0.4, -0.2) is 16.6 Å². The molecule has 0 spiro atoms. The fraction of sp³-hybridized carbons (Fsp3) is 1.00. The van der Waals surface area contributed by atoms with Crippen LogP contribution in [-0.2, 0) is 0 Å². The molecule has 0 aromatic heterocycles. The third-order valence-corrected chi connectivity index (χ3v) is 2.43. The Morgan fingerprint density at radius 3 is 2.67 bits per heavy atom. The first-order valence-electron chi connectivity index (χ1n) is 3.47. The van der Waals surface area contributed by atoms with Gasteiger partial charge in [0.25, 0.3) is 0 Å². The predicted octanol–water partition coefficient (Wildman–Crippen LogP) is 1.78. The molecule has 0 heterocycles. The minimum absolute atomic E-state index is 0.325. The van der Waals surface area contributed by atoms with Crippen molar-refractivity contribution in [3.8, 4) is 0 Å². The molecule has 0 amide bonds. The van der Waals surface area contributed by atoms with Crippen LogP contribution in [0.2, 0.25) is 0 Å². The van der Waals surface area contributed by atoms with Gasteiger partial charge in [-0.3, -0.25) is 0 Å². The van der Waals surface area contributed by atoms with E-state index in [1.807, 2.05) is 0 Å². The molecule has 1 rings (SSSR count). The minimum Gasteiger partial charge on any atom is -0.390 e. The molecule has 0 unspecified atom stereocenters. The van der Waals surface area contributed by atoms with Crippen LogP contribution >= 0.6 is 11.6 Å². The van der Waals surface area contributed by atoms with Gasteiger partial charge in [0.05, 0.1) is 5.60 Å². The average Bonchev–Trinajstić information content (AvgIpc) is 2.38. The molecule has 1 nitrogen and oxygen atoms in total. The largest absolute Gasteiger partial charge is 0.390 e. The quantitative estimate of drug-likeness (QED) is 0.605. The van der Waals surface area contributed by atoms with E-state index >= 15 is 0 Å². The first kappa shape index (κ1) is 7.36. The van der Waals surface area contributed by atoms with Crippen molar-refractivity contribution in [2.75, 3.05) is 5.88 Å². The Hall–Kier alpha value is 0.250. The van der Waals surface area contributed by atoms with Gasteiger partial charge in [0.2, 0.25) is 0 Å². The standard InChI is InChI=1S/C7H13ClO/c1-6-5-7(6,9)3-2-4-8/h6,9H,2-5H2,1H3/t6-,7-/m1/s1. The lowest BCUT2D eigenvalue weighted by Gasteiger charge is -2.05. The lowest BCUT2D eigenvalue weighted by molar-refractivity contribution is 0.123. The minimum atomic E-state index is -0.325. The summed E-state index contributed by atoms with van der Waals surface area (Å²) in [5, 5.41) is 9.47. The summed E-state index contributed by atoms with van der Waals surface area (Å²) in [4.78, 5) is 0. The fourth-order valence-corrected chi connectivity index (χ4v) is 1.33. The SMILES string of the molecule is C[C@@H]1C[C@]1(O)CCCCl. The van der Waals surface area contributed by atoms with Gasteiger partial charge in [-0.15, -0.1) is 11.6 Å². The van der Waals surface area contributed by atoms with Crippen LogP contribution in [0.25, 0.3) is 0 Å². The third-order valence-electron chi connectivity index (χ3n) is 2.16. The van der Waals surface area contributed by atoms with Crippen molar-refractivity contribution in [1.82, 2.24) is 0 Å². The van der Waals surface area contributed by atoms with Crippen molar-refractivity contribution in [1.29, 1.82) is 0 Å². The molecule has 0 bridgehead atoms. The molecule has 1 saturated carbocycles. The molecule has 2 atom stereocenters. The lowest BCUT2D eigenvalue weighted by Crippen LogP contribution is -2.09. The first-order chi connectivity index (χ1) is 4.19. The van der Waals surface area contributed by atoms with Crippen LogP contribution in [0, 0.1) is 5.92 Å². The molecule has 1 N–H and O–H groups in total. The number of hydrogen-bond acceptors (Lipinski definition) is 1. The van der Waals surface area contributed by atoms with E-state index in [-0.39, 0.29) is 5.60 Å². The Morgan fingerprint density at radius 1 is 1.78 bits per heavy atom. The van der Waals surface area contributed by atoms with Gasteiger partial charge in [0.1, 0.15) is 0 Å². The Bertz CT molecular complexity index is 105. The van der Waals surface area contributed by atoms with Crippen molar-refractivity contribution in [3.05, 3.63) is 0 Å². The third kappa shape index (κ3) is 1.59. The number of halogens is 1. The molecular formula is C7H13ClO. The maximum Gasteiger partial charge on any atom is 0.0678 e. The maximum atomic E-state index is 9.47. The number of aliphatic hydroxyl groups is 1. The molecule has 1 aliphatic rings. The average molecular weight is 149 g/mol.